The summed E-state index contributed by atoms with van der Waals surface area (Å²) < 4.78 is 5.06. The van der Waals surface area contributed by atoms with E-state index in [0.717, 1.165) is 18.5 Å². The lowest BCUT2D eigenvalue weighted by atomic mass is 10.2. The second-order valence-corrected chi connectivity index (χ2v) is 5.33. The van der Waals surface area contributed by atoms with Gasteiger partial charge in [-0.25, -0.2) is 0 Å². The van der Waals surface area contributed by atoms with Crippen molar-refractivity contribution in [1.82, 2.24) is 10.2 Å². The molecule has 2 aromatic rings. The molecule has 1 aliphatic carbocycles. The first kappa shape index (κ1) is 13.8. The molecule has 21 heavy (non-hydrogen) atoms. The van der Waals surface area contributed by atoms with Gasteiger partial charge in [0, 0.05) is 11.6 Å². The van der Waals surface area contributed by atoms with Crippen molar-refractivity contribution in [2.75, 3.05) is 12.4 Å². The van der Waals surface area contributed by atoms with Crippen LogP contribution in [0.3, 0.4) is 0 Å². The number of ether oxygens (including phenoxy) is 1. The van der Waals surface area contributed by atoms with Crippen molar-refractivity contribution < 1.29 is 9.53 Å². The van der Waals surface area contributed by atoms with E-state index in [1.165, 1.54) is 7.11 Å². The molecule has 108 valence electrons. The minimum atomic E-state index is -0.314. The normalized spacial score (nSPS) is 13.8. The highest BCUT2D eigenvalue weighted by Crippen LogP contribution is 2.38. The first-order valence-corrected chi connectivity index (χ1v) is 7.03. The summed E-state index contributed by atoms with van der Waals surface area (Å²) in [7, 11) is 1.54. The van der Waals surface area contributed by atoms with E-state index in [1.54, 1.807) is 24.3 Å². The maximum absolute atomic E-state index is 12.1. The maximum Gasteiger partial charge on any atom is 0.276 e. The fourth-order valence-corrected chi connectivity index (χ4v) is 2.26. The number of hydrogen-bond acceptors (Lipinski definition) is 4. The molecule has 1 N–H and O–H groups in total. The van der Waals surface area contributed by atoms with Crippen molar-refractivity contribution in [2.24, 2.45) is 0 Å². The molecule has 1 aromatic carbocycles. The van der Waals surface area contributed by atoms with Crippen LogP contribution >= 0.6 is 11.6 Å². The summed E-state index contributed by atoms with van der Waals surface area (Å²) in [4.78, 5) is 12.1. The van der Waals surface area contributed by atoms with E-state index in [0.29, 0.717) is 22.4 Å². The number of amides is 1. The van der Waals surface area contributed by atoms with Crippen molar-refractivity contribution >= 4 is 23.2 Å². The Bertz CT molecular complexity index is 669. The van der Waals surface area contributed by atoms with Crippen LogP contribution in [0.4, 0.5) is 5.69 Å². The van der Waals surface area contributed by atoms with Gasteiger partial charge in [0.15, 0.2) is 5.69 Å². The number of carbonyl (C=O) groups is 1. The highest BCUT2D eigenvalue weighted by Gasteiger charge is 2.25. The third-order valence-corrected chi connectivity index (χ3v) is 3.62. The molecule has 1 amide bonds. The Labute approximate surface area is 127 Å². The lowest BCUT2D eigenvalue weighted by Gasteiger charge is -2.07. The summed E-state index contributed by atoms with van der Waals surface area (Å²) in [6, 6.07) is 8.60. The largest absolute Gasteiger partial charge is 0.495 e. The third-order valence-electron chi connectivity index (χ3n) is 3.32. The zero-order valence-corrected chi connectivity index (χ0v) is 12.2. The monoisotopic (exact) mass is 303 g/mol. The van der Waals surface area contributed by atoms with Crippen LogP contribution in [0.15, 0.2) is 30.3 Å². The van der Waals surface area contributed by atoms with E-state index in [2.05, 4.69) is 15.5 Å². The molecule has 0 saturated heterocycles. The molecular weight excluding hydrogens is 290 g/mol. The molecule has 0 radical (unpaired) electrons. The highest BCUT2D eigenvalue weighted by molar-refractivity contribution is 6.32. The van der Waals surface area contributed by atoms with Crippen molar-refractivity contribution in [3.05, 3.63) is 46.7 Å². The Hall–Kier alpha value is -2.14. The molecule has 0 atom stereocenters. The van der Waals surface area contributed by atoms with Gasteiger partial charge >= 0.3 is 0 Å². The Kier molecular flexibility index (Phi) is 3.75. The second-order valence-electron chi connectivity index (χ2n) is 4.92. The maximum atomic E-state index is 12.1. The quantitative estimate of drug-likeness (QED) is 0.941. The van der Waals surface area contributed by atoms with Gasteiger partial charge in [0.2, 0.25) is 0 Å². The molecule has 6 heteroatoms. The SMILES string of the molecule is COc1ccc(NC(=O)c2ccc(C3CC3)nn2)cc1Cl. The Balaban J connectivity index is 1.71. The van der Waals surface area contributed by atoms with Gasteiger partial charge in [-0.15, -0.1) is 5.10 Å². The van der Waals surface area contributed by atoms with Gasteiger partial charge in [0.25, 0.3) is 5.91 Å². The number of halogens is 1. The molecule has 1 saturated carbocycles. The standard InChI is InChI=1S/C15H14ClN3O2/c1-21-14-7-4-10(8-11(14)16)17-15(20)13-6-5-12(18-19-13)9-2-3-9/h4-9H,2-3H2,1H3,(H,17,20). The number of benzene rings is 1. The van der Waals surface area contributed by atoms with Crippen LogP contribution in [0.25, 0.3) is 0 Å². The van der Waals surface area contributed by atoms with E-state index >= 15 is 0 Å². The fourth-order valence-electron chi connectivity index (χ4n) is 2.00. The number of nitrogens with zero attached hydrogens (tertiary/aromatic N) is 2. The molecule has 1 aromatic heterocycles. The zero-order valence-electron chi connectivity index (χ0n) is 11.5. The van der Waals surface area contributed by atoms with Gasteiger partial charge in [-0.3, -0.25) is 4.79 Å². The number of aromatic nitrogens is 2. The van der Waals surface area contributed by atoms with E-state index in [9.17, 15) is 4.79 Å². The average molecular weight is 304 g/mol. The van der Waals surface area contributed by atoms with Crippen molar-refractivity contribution in [1.29, 1.82) is 0 Å². The topological polar surface area (TPSA) is 64.1 Å². The molecule has 1 aliphatic rings. The van der Waals surface area contributed by atoms with Crippen LogP contribution in [0.5, 0.6) is 5.75 Å². The lowest BCUT2D eigenvalue weighted by Crippen LogP contribution is -2.14. The van der Waals surface area contributed by atoms with E-state index in [4.69, 9.17) is 16.3 Å². The summed E-state index contributed by atoms with van der Waals surface area (Å²) in [5.41, 5.74) is 1.82. The summed E-state index contributed by atoms with van der Waals surface area (Å²) in [5, 5.41) is 11.2. The predicted octanol–water partition coefficient (Wildman–Crippen LogP) is 3.27. The van der Waals surface area contributed by atoms with Gasteiger partial charge in [0.1, 0.15) is 5.75 Å². The summed E-state index contributed by atoms with van der Waals surface area (Å²) in [6.45, 7) is 0. The minimum absolute atomic E-state index is 0.284. The van der Waals surface area contributed by atoms with Gasteiger partial charge in [-0.2, -0.15) is 5.10 Å². The van der Waals surface area contributed by atoms with Crippen LogP contribution < -0.4 is 10.1 Å². The predicted molar refractivity (Wildman–Crippen MR) is 80.0 cm³/mol. The number of nitrogens with one attached hydrogen (secondary N) is 1. The van der Waals surface area contributed by atoms with Gasteiger partial charge in [-0.1, -0.05) is 11.6 Å². The highest BCUT2D eigenvalue weighted by atomic mass is 35.5. The first-order valence-electron chi connectivity index (χ1n) is 6.66. The smallest absolute Gasteiger partial charge is 0.276 e. The molecule has 0 spiro atoms. The number of hydrogen-bond donors (Lipinski definition) is 1. The summed E-state index contributed by atoms with van der Waals surface area (Å²) in [6.07, 6.45) is 2.31. The molecule has 1 heterocycles. The van der Waals surface area contributed by atoms with Crippen molar-refractivity contribution in [2.45, 2.75) is 18.8 Å². The van der Waals surface area contributed by atoms with Crippen LogP contribution in [0.1, 0.15) is 34.9 Å². The Morgan fingerprint density at radius 3 is 2.67 bits per heavy atom. The van der Waals surface area contributed by atoms with Crippen LogP contribution in [-0.4, -0.2) is 23.2 Å². The second kappa shape index (κ2) is 5.69. The molecule has 1 fully saturated rings. The molecule has 0 unspecified atom stereocenters. The summed E-state index contributed by atoms with van der Waals surface area (Å²) >= 11 is 6.02. The number of methoxy groups -OCH3 is 1. The molecule has 3 rings (SSSR count). The van der Waals surface area contributed by atoms with E-state index < -0.39 is 0 Å². The Morgan fingerprint density at radius 2 is 2.10 bits per heavy atom. The fraction of sp³-hybridized carbons (Fsp3) is 0.267. The van der Waals surface area contributed by atoms with Crippen molar-refractivity contribution in [3.8, 4) is 5.75 Å². The Morgan fingerprint density at radius 1 is 1.29 bits per heavy atom. The molecule has 5 nitrogen and oxygen atoms in total. The van der Waals surface area contributed by atoms with Crippen LogP contribution in [0.2, 0.25) is 5.02 Å². The summed E-state index contributed by atoms with van der Waals surface area (Å²) in [5.74, 6) is 0.768. The van der Waals surface area contributed by atoms with E-state index in [1.807, 2.05) is 6.07 Å². The number of carbonyl (C=O) groups excluding carboxylic acids is 1. The first-order chi connectivity index (χ1) is 10.2. The van der Waals surface area contributed by atoms with Gasteiger partial charge in [-0.05, 0) is 43.2 Å². The molecular formula is C15H14ClN3O2. The van der Waals surface area contributed by atoms with Crippen LogP contribution in [-0.2, 0) is 0 Å². The third kappa shape index (κ3) is 3.13. The minimum Gasteiger partial charge on any atom is -0.495 e. The molecule has 0 bridgehead atoms. The number of rotatable bonds is 4. The lowest BCUT2D eigenvalue weighted by molar-refractivity contribution is 0.102. The van der Waals surface area contributed by atoms with Gasteiger partial charge in [0.05, 0.1) is 17.8 Å². The van der Waals surface area contributed by atoms with Crippen molar-refractivity contribution in [3.63, 3.8) is 0 Å². The van der Waals surface area contributed by atoms with E-state index in [-0.39, 0.29) is 11.6 Å². The average Bonchev–Trinajstić information content (AvgIpc) is 3.32. The molecule has 0 aliphatic heterocycles. The zero-order chi connectivity index (χ0) is 14.8. The van der Waals surface area contributed by atoms with Gasteiger partial charge < -0.3 is 10.1 Å². The number of anilines is 1. The van der Waals surface area contributed by atoms with Crippen LogP contribution in [0, 0.1) is 0 Å².